The summed E-state index contributed by atoms with van der Waals surface area (Å²) in [5.41, 5.74) is -0.413. The molecule has 39 heavy (non-hydrogen) atoms. The van der Waals surface area contributed by atoms with Crippen molar-refractivity contribution in [1.82, 2.24) is 9.55 Å². The largest absolute Gasteiger partial charge is 0.462 e. The SMILES string of the molecule is CCOC(=O)c1cn(-c2ccc(F)cc2F)c2nc(N3C[C@@H]4C(N=Cc5ccccc5)[C@@H]4C3)c(F)cc2c1=O. The van der Waals surface area contributed by atoms with Crippen molar-refractivity contribution in [2.24, 2.45) is 16.8 Å². The molecule has 1 unspecified atom stereocenters. The van der Waals surface area contributed by atoms with Crippen molar-refractivity contribution in [3.8, 4) is 5.69 Å². The highest BCUT2D eigenvalue weighted by Crippen LogP contribution is 2.49. The van der Waals surface area contributed by atoms with Gasteiger partial charge in [-0.25, -0.2) is 22.9 Å². The van der Waals surface area contributed by atoms with Crippen LogP contribution in [-0.2, 0) is 4.74 Å². The summed E-state index contributed by atoms with van der Waals surface area (Å²) in [5.74, 6) is -2.92. The average Bonchev–Trinajstić information content (AvgIpc) is 3.37. The molecule has 2 aliphatic rings. The number of anilines is 1. The van der Waals surface area contributed by atoms with Crippen LogP contribution in [0.5, 0.6) is 0 Å². The molecule has 2 aromatic heterocycles. The molecule has 198 valence electrons. The number of carbonyl (C=O) groups excluding carboxylic acids is 1. The van der Waals surface area contributed by atoms with Gasteiger partial charge in [0, 0.05) is 43.4 Å². The van der Waals surface area contributed by atoms with E-state index in [-0.39, 0.29) is 47.0 Å². The van der Waals surface area contributed by atoms with E-state index in [1.165, 1.54) is 0 Å². The van der Waals surface area contributed by atoms with Gasteiger partial charge in [0.15, 0.2) is 17.3 Å². The van der Waals surface area contributed by atoms with E-state index in [1.54, 1.807) is 11.8 Å². The third-order valence-electron chi connectivity index (χ3n) is 7.22. The summed E-state index contributed by atoms with van der Waals surface area (Å²) in [7, 11) is 0. The summed E-state index contributed by atoms with van der Waals surface area (Å²) in [5, 5.41) is -0.222. The van der Waals surface area contributed by atoms with E-state index in [2.05, 4.69) is 9.98 Å². The molecule has 1 aliphatic heterocycles. The second-order valence-corrected chi connectivity index (χ2v) is 9.64. The number of halogens is 3. The molecule has 0 spiro atoms. The summed E-state index contributed by atoms with van der Waals surface area (Å²) < 4.78 is 50.0. The Labute approximate surface area is 221 Å². The van der Waals surface area contributed by atoms with Crippen molar-refractivity contribution < 1.29 is 22.7 Å². The molecule has 1 saturated heterocycles. The van der Waals surface area contributed by atoms with E-state index in [0.29, 0.717) is 19.2 Å². The minimum atomic E-state index is -0.941. The maximum absolute atomic E-state index is 15.4. The lowest BCUT2D eigenvalue weighted by molar-refractivity contribution is 0.0524. The minimum absolute atomic E-state index is 0.000447. The molecule has 7 nitrogen and oxygen atoms in total. The normalized spacial score (nSPS) is 20.0. The zero-order chi connectivity index (χ0) is 27.3. The second kappa shape index (κ2) is 9.68. The van der Waals surface area contributed by atoms with Gasteiger partial charge >= 0.3 is 5.97 Å². The van der Waals surface area contributed by atoms with Crippen molar-refractivity contribution in [1.29, 1.82) is 0 Å². The minimum Gasteiger partial charge on any atom is -0.462 e. The molecule has 1 saturated carbocycles. The lowest BCUT2D eigenvalue weighted by Crippen LogP contribution is -2.28. The highest BCUT2D eigenvalue weighted by atomic mass is 19.1. The van der Waals surface area contributed by atoms with Gasteiger partial charge in [-0.1, -0.05) is 30.3 Å². The number of hydrogen-bond donors (Lipinski definition) is 0. The Morgan fingerprint density at radius 1 is 1.08 bits per heavy atom. The molecular formula is C29H23F3N4O3. The van der Waals surface area contributed by atoms with E-state index in [9.17, 15) is 18.4 Å². The Morgan fingerprint density at radius 3 is 2.51 bits per heavy atom. The fourth-order valence-corrected chi connectivity index (χ4v) is 5.25. The van der Waals surface area contributed by atoms with Crippen LogP contribution >= 0.6 is 0 Å². The number of benzene rings is 2. The second-order valence-electron chi connectivity index (χ2n) is 9.64. The van der Waals surface area contributed by atoms with E-state index >= 15 is 4.39 Å². The zero-order valence-electron chi connectivity index (χ0n) is 20.9. The Bertz CT molecular complexity index is 1680. The lowest BCUT2D eigenvalue weighted by Gasteiger charge is -2.22. The summed E-state index contributed by atoms with van der Waals surface area (Å²) in [6.45, 7) is 2.61. The molecule has 4 aromatic rings. The maximum Gasteiger partial charge on any atom is 0.343 e. The topological polar surface area (TPSA) is 76.8 Å². The molecule has 10 heteroatoms. The van der Waals surface area contributed by atoms with Crippen LogP contribution < -0.4 is 10.3 Å². The summed E-state index contributed by atoms with van der Waals surface area (Å²) >= 11 is 0. The van der Waals surface area contributed by atoms with Gasteiger partial charge in [-0.2, -0.15) is 0 Å². The third kappa shape index (κ3) is 4.45. The first-order valence-electron chi connectivity index (χ1n) is 12.6. The maximum atomic E-state index is 15.4. The van der Waals surface area contributed by atoms with E-state index < -0.39 is 34.4 Å². The van der Waals surface area contributed by atoms with Crippen LogP contribution in [0, 0.1) is 29.3 Å². The van der Waals surface area contributed by atoms with Crippen LogP contribution in [0.15, 0.2) is 70.6 Å². The van der Waals surface area contributed by atoms with Crippen molar-refractivity contribution in [2.75, 3.05) is 24.6 Å². The van der Waals surface area contributed by atoms with Crippen molar-refractivity contribution in [3.05, 3.63) is 99.6 Å². The molecule has 1 aliphatic carbocycles. The van der Waals surface area contributed by atoms with Gasteiger partial charge in [-0.05, 0) is 30.7 Å². The summed E-state index contributed by atoms with van der Waals surface area (Å²) in [6, 6.07) is 13.8. The first kappa shape index (κ1) is 24.8. The van der Waals surface area contributed by atoms with Crippen LogP contribution in [0.4, 0.5) is 19.0 Å². The lowest BCUT2D eigenvalue weighted by atomic mass is 10.1. The molecule has 0 bridgehead atoms. The van der Waals surface area contributed by atoms with Crippen LogP contribution in [0.25, 0.3) is 16.7 Å². The predicted molar refractivity (Wildman–Crippen MR) is 140 cm³/mol. The van der Waals surface area contributed by atoms with E-state index in [0.717, 1.165) is 34.5 Å². The number of carbonyl (C=O) groups is 1. The molecule has 2 aromatic carbocycles. The Balaban J connectivity index is 1.37. The standard InChI is InChI=1S/C29H23F3N4O3/c1-2-39-29(38)21-15-36(24-9-8-17(30)10-22(24)31)27-18(26(21)37)11-23(32)28(34-27)35-13-19-20(14-35)25(19)33-12-16-6-4-3-5-7-16/h3-12,15,19-20,25H,2,13-14H2,1H3/t19-,20+,25?. The number of nitrogens with zero attached hydrogens (tertiary/aromatic N) is 4. The quantitative estimate of drug-likeness (QED) is 0.269. The van der Waals surface area contributed by atoms with E-state index in [4.69, 9.17) is 4.74 Å². The fourth-order valence-electron chi connectivity index (χ4n) is 5.25. The number of hydrogen-bond acceptors (Lipinski definition) is 6. The monoisotopic (exact) mass is 532 g/mol. The number of aliphatic imine (C=N–C) groups is 1. The van der Waals surface area contributed by atoms with Crippen LogP contribution in [0.1, 0.15) is 22.8 Å². The predicted octanol–water partition coefficient (Wildman–Crippen LogP) is 4.53. The molecule has 2 fully saturated rings. The number of fused-ring (bicyclic) bond motifs is 2. The number of ether oxygens (including phenoxy) is 1. The van der Waals surface area contributed by atoms with Crippen LogP contribution in [0.3, 0.4) is 0 Å². The number of rotatable bonds is 6. The molecular weight excluding hydrogens is 509 g/mol. The van der Waals surface area contributed by atoms with Crippen LogP contribution in [0.2, 0.25) is 0 Å². The van der Waals surface area contributed by atoms with Crippen molar-refractivity contribution >= 4 is 29.0 Å². The molecule has 0 amide bonds. The smallest absolute Gasteiger partial charge is 0.343 e. The van der Waals surface area contributed by atoms with Gasteiger partial charge in [0.25, 0.3) is 0 Å². The third-order valence-corrected chi connectivity index (χ3v) is 7.22. The molecule has 6 rings (SSSR count). The Hall–Kier alpha value is -4.47. The summed E-state index contributed by atoms with van der Waals surface area (Å²) in [4.78, 5) is 36.5. The molecule has 3 atom stereocenters. The number of pyridine rings is 2. The fraction of sp³-hybridized carbons (Fsp3) is 0.241. The highest BCUT2D eigenvalue weighted by molar-refractivity contribution is 5.94. The van der Waals surface area contributed by atoms with Crippen molar-refractivity contribution in [2.45, 2.75) is 13.0 Å². The molecule has 0 N–H and O–H groups in total. The van der Waals surface area contributed by atoms with Gasteiger partial charge in [0.05, 0.1) is 23.7 Å². The Morgan fingerprint density at radius 2 is 1.82 bits per heavy atom. The average molecular weight is 533 g/mol. The molecule has 3 heterocycles. The van der Waals surface area contributed by atoms with Gasteiger partial charge in [0.1, 0.15) is 17.2 Å². The number of esters is 1. The summed E-state index contributed by atoms with van der Waals surface area (Å²) in [6.07, 6.45) is 2.95. The first-order valence-corrected chi connectivity index (χ1v) is 12.6. The van der Waals surface area contributed by atoms with E-state index in [1.807, 2.05) is 36.5 Å². The zero-order valence-corrected chi connectivity index (χ0v) is 20.9. The number of piperidine rings is 1. The molecule has 0 radical (unpaired) electrons. The van der Waals surface area contributed by atoms with Crippen LogP contribution in [-0.4, -0.2) is 47.5 Å². The van der Waals surface area contributed by atoms with Gasteiger partial charge in [-0.15, -0.1) is 0 Å². The number of aromatic nitrogens is 2. The van der Waals surface area contributed by atoms with Crippen molar-refractivity contribution in [3.63, 3.8) is 0 Å². The first-order chi connectivity index (χ1) is 18.9. The van der Waals surface area contributed by atoms with Gasteiger partial charge in [-0.3, -0.25) is 14.4 Å². The van der Waals surface area contributed by atoms with Gasteiger partial charge in [0.2, 0.25) is 5.43 Å². The Kier molecular flexibility index (Phi) is 6.17. The van der Waals surface area contributed by atoms with Gasteiger partial charge < -0.3 is 9.64 Å². The highest BCUT2D eigenvalue weighted by Gasteiger charge is 2.56.